The molecule has 2 aromatic heterocycles. The molecule has 0 aliphatic carbocycles. The fourth-order valence-electron chi connectivity index (χ4n) is 4.97. The number of H-pyrrole nitrogens is 1. The molecular formula is C25H32FN7O6. The van der Waals surface area contributed by atoms with Gasteiger partial charge in [-0.2, -0.15) is 4.98 Å². The molecule has 13 nitrogen and oxygen atoms in total. The number of aromatic nitrogens is 4. The van der Waals surface area contributed by atoms with Crippen LogP contribution in [-0.4, -0.2) is 106 Å². The molecule has 0 saturated carbocycles. The first kappa shape index (κ1) is 27.1. The van der Waals surface area contributed by atoms with Gasteiger partial charge >= 0.3 is 0 Å². The number of halogens is 1. The van der Waals surface area contributed by atoms with Crippen LogP contribution in [0.4, 0.5) is 16.0 Å². The molecule has 39 heavy (non-hydrogen) atoms. The number of aromatic amines is 1. The van der Waals surface area contributed by atoms with E-state index in [-0.39, 0.29) is 22.9 Å². The minimum absolute atomic E-state index is 0.0581. The summed E-state index contributed by atoms with van der Waals surface area (Å²) in [4.78, 5) is 31.6. The number of nitrogens with zero attached hydrogens (tertiary/aromatic N) is 6. The molecule has 2 aliphatic rings. The van der Waals surface area contributed by atoms with E-state index in [0.717, 1.165) is 0 Å². The Morgan fingerprint density at radius 3 is 2.74 bits per heavy atom. The maximum Gasteiger partial charge on any atom is 0.280 e. The normalized spacial score (nSPS) is 25.1. The van der Waals surface area contributed by atoms with E-state index in [4.69, 9.17) is 14.2 Å². The lowest BCUT2D eigenvalue weighted by atomic mass is 10.0. The maximum atomic E-state index is 14.4. The van der Waals surface area contributed by atoms with E-state index < -0.39 is 42.5 Å². The Labute approximate surface area is 223 Å². The van der Waals surface area contributed by atoms with Crippen molar-refractivity contribution in [1.29, 1.82) is 0 Å². The summed E-state index contributed by atoms with van der Waals surface area (Å²) in [6, 6.07) is 6.57. The number of fused-ring (bicyclic) bond motifs is 1. The number of para-hydroxylation sites is 1. The second kappa shape index (κ2) is 11.0. The lowest BCUT2D eigenvalue weighted by Gasteiger charge is -2.43. The van der Waals surface area contributed by atoms with Gasteiger partial charge in [-0.15, -0.1) is 0 Å². The molecule has 4 atom stereocenters. The summed E-state index contributed by atoms with van der Waals surface area (Å²) in [5.74, 6) is -1.36. The lowest BCUT2D eigenvalue weighted by Crippen LogP contribution is -2.52. The summed E-state index contributed by atoms with van der Waals surface area (Å²) in [6.07, 6.45) is -0.550. The number of ether oxygens (including phenoxy) is 3. The van der Waals surface area contributed by atoms with Crippen LogP contribution in [0.15, 0.2) is 40.4 Å². The highest BCUT2D eigenvalue weighted by Gasteiger charge is 2.50. The predicted molar refractivity (Wildman–Crippen MR) is 139 cm³/mol. The van der Waals surface area contributed by atoms with E-state index in [2.05, 4.69) is 19.9 Å². The Balaban J connectivity index is 1.44. The zero-order valence-corrected chi connectivity index (χ0v) is 21.9. The van der Waals surface area contributed by atoms with Gasteiger partial charge in [0.2, 0.25) is 5.95 Å². The quantitative estimate of drug-likeness (QED) is 0.210. The fraction of sp³-hybridized carbons (Fsp3) is 0.520. The molecule has 4 heterocycles. The summed E-state index contributed by atoms with van der Waals surface area (Å²) >= 11 is 0. The number of anilines is 1. The minimum atomic E-state index is -1.22. The van der Waals surface area contributed by atoms with E-state index in [1.54, 1.807) is 37.2 Å². The third-order valence-electron chi connectivity index (χ3n) is 7.04. The smallest absolute Gasteiger partial charge is 0.280 e. The molecular weight excluding hydrogens is 513 g/mol. The van der Waals surface area contributed by atoms with Crippen molar-refractivity contribution >= 4 is 29.1 Å². The van der Waals surface area contributed by atoms with Crippen LogP contribution in [0.2, 0.25) is 0 Å². The van der Waals surface area contributed by atoms with Crippen LogP contribution < -0.4 is 10.5 Å². The molecule has 2 saturated heterocycles. The Morgan fingerprint density at radius 1 is 1.33 bits per heavy atom. The van der Waals surface area contributed by atoms with E-state index in [9.17, 15) is 19.4 Å². The number of aliphatic hydroxyl groups excluding tert-OH is 2. The Hall–Kier alpha value is -3.43. The first-order valence-corrected chi connectivity index (χ1v) is 12.6. The Bertz CT molecular complexity index is 1390. The van der Waals surface area contributed by atoms with E-state index in [0.29, 0.717) is 31.6 Å². The number of imidazole rings is 1. The zero-order chi connectivity index (χ0) is 27.7. The number of aliphatic imine (C=N–C) groups is 1. The zero-order valence-electron chi connectivity index (χ0n) is 21.9. The molecule has 0 spiro atoms. The molecule has 3 aromatic rings. The minimum Gasteiger partial charge on any atom is -0.394 e. The third kappa shape index (κ3) is 5.25. The Kier molecular flexibility index (Phi) is 7.64. The molecule has 1 aromatic carbocycles. The highest BCUT2D eigenvalue weighted by molar-refractivity contribution is 5.71. The molecule has 210 valence electrons. The molecule has 2 aliphatic heterocycles. The van der Waals surface area contributed by atoms with Crippen molar-refractivity contribution in [2.75, 3.05) is 45.8 Å². The molecule has 0 radical (unpaired) electrons. The van der Waals surface area contributed by atoms with Crippen LogP contribution in [-0.2, 0) is 14.2 Å². The van der Waals surface area contributed by atoms with E-state index in [1.165, 1.54) is 30.4 Å². The van der Waals surface area contributed by atoms with Gasteiger partial charge in [0.05, 0.1) is 25.0 Å². The number of piperidine rings is 1. The molecule has 2 fully saturated rings. The first-order chi connectivity index (χ1) is 18.7. The van der Waals surface area contributed by atoms with Gasteiger partial charge in [-0.25, -0.2) is 14.4 Å². The van der Waals surface area contributed by atoms with Crippen molar-refractivity contribution in [3.05, 3.63) is 46.8 Å². The fourth-order valence-corrected chi connectivity index (χ4v) is 4.97. The number of benzene rings is 1. The van der Waals surface area contributed by atoms with Gasteiger partial charge in [-0.3, -0.25) is 14.3 Å². The summed E-state index contributed by atoms with van der Waals surface area (Å²) in [5.41, 5.74) is 0.240. The van der Waals surface area contributed by atoms with Gasteiger partial charge in [0.1, 0.15) is 24.1 Å². The first-order valence-electron chi connectivity index (χ1n) is 12.6. The van der Waals surface area contributed by atoms with Crippen molar-refractivity contribution in [3.8, 4) is 0 Å². The number of nitrogens with one attached hydrogen (secondary N) is 1. The summed E-state index contributed by atoms with van der Waals surface area (Å²) in [7, 11) is 5.07. The second-order valence-corrected chi connectivity index (χ2v) is 9.80. The van der Waals surface area contributed by atoms with E-state index >= 15 is 0 Å². The SMILES string of the molecule is COC1(O[C@@H]2[C@H](O)[C@@H](CO)O[C@H]2n2cnc3c(=O)[nH]c(/N=C/N(C)C)nc32)CCN(c2ccccc2F)CC1. The molecule has 0 bridgehead atoms. The van der Waals surface area contributed by atoms with Crippen LogP contribution in [0.5, 0.6) is 0 Å². The van der Waals surface area contributed by atoms with Crippen molar-refractivity contribution in [1.82, 2.24) is 24.4 Å². The number of hydrogen-bond donors (Lipinski definition) is 3. The van der Waals surface area contributed by atoms with E-state index in [1.807, 2.05) is 4.90 Å². The average molecular weight is 546 g/mol. The molecule has 3 N–H and O–H groups in total. The number of aliphatic hydroxyl groups is 2. The maximum absolute atomic E-state index is 14.4. The Morgan fingerprint density at radius 2 is 2.08 bits per heavy atom. The van der Waals surface area contributed by atoms with Gasteiger partial charge in [0.25, 0.3) is 5.56 Å². The highest BCUT2D eigenvalue weighted by atomic mass is 19.1. The highest BCUT2D eigenvalue weighted by Crippen LogP contribution is 2.39. The van der Waals surface area contributed by atoms with Crippen LogP contribution >= 0.6 is 0 Å². The number of hydrogen-bond acceptors (Lipinski definition) is 10. The molecule has 5 rings (SSSR count). The monoisotopic (exact) mass is 545 g/mol. The van der Waals surface area contributed by atoms with Gasteiger partial charge in [0, 0.05) is 47.1 Å². The number of rotatable bonds is 8. The standard InChI is InChI=1S/C25H32FN7O6/c1-31(2)13-28-24-29-21-18(22(36)30-24)27-14-33(21)23-20(19(35)17(12-34)38-23)39-25(37-3)8-10-32(11-9-25)16-7-5-4-6-15(16)26/h4-7,13-14,17,19-20,23,34-35H,8-12H2,1-3H3,(H,29,30,36)/b28-13+/t17-,19-,20-,23-/m1/s1. The van der Waals surface area contributed by atoms with Crippen LogP contribution in [0.3, 0.4) is 0 Å². The number of methoxy groups -OCH3 is 1. The van der Waals surface area contributed by atoms with Gasteiger partial charge in [0.15, 0.2) is 23.2 Å². The molecule has 0 amide bonds. The van der Waals surface area contributed by atoms with Crippen LogP contribution in [0.1, 0.15) is 19.1 Å². The van der Waals surface area contributed by atoms with Crippen molar-refractivity contribution in [2.45, 2.75) is 43.2 Å². The molecule has 0 unspecified atom stereocenters. The van der Waals surface area contributed by atoms with Gasteiger partial charge in [-0.05, 0) is 12.1 Å². The van der Waals surface area contributed by atoms with Crippen LogP contribution in [0, 0.1) is 5.82 Å². The summed E-state index contributed by atoms with van der Waals surface area (Å²) in [5, 5.41) is 20.9. The third-order valence-corrected chi connectivity index (χ3v) is 7.04. The summed E-state index contributed by atoms with van der Waals surface area (Å²) < 4.78 is 34.1. The topological polar surface area (TPSA) is 151 Å². The van der Waals surface area contributed by atoms with Gasteiger partial charge in [-0.1, -0.05) is 12.1 Å². The largest absolute Gasteiger partial charge is 0.394 e. The molecule has 14 heteroatoms. The average Bonchev–Trinajstić information content (AvgIpc) is 3.49. The second-order valence-electron chi connectivity index (χ2n) is 9.80. The predicted octanol–water partition coefficient (Wildman–Crippen LogP) is 0.759. The van der Waals surface area contributed by atoms with Crippen molar-refractivity contribution in [2.24, 2.45) is 4.99 Å². The van der Waals surface area contributed by atoms with Gasteiger partial charge < -0.3 is 34.2 Å². The van der Waals surface area contributed by atoms with Crippen LogP contribution in [0.25, 0.3) is 11.2 Å². The summed E-state index contributed by atoms with van der Waals surface area (Å²) in [6.45, 7) is 0.438. The van der Waals surface area contributed by atoms with Crippen molar-refractivity contribution < 1.29 is 28.8 Å². The van der Waals surface area contributed by atoms with Crippen molar-refractivity contribution in [3.63, 3.8) is 0 Å². The lowest BCUT2D eigenvalue weighted by molar-refractivity contribution is -0.275.